The molecule has 1 unspecified atom stereocenters. The number of rotatable bonds is 12. The first-order chi connectivity index (χ1) is 18.3. The Labute approximate surface area is 227 Å². The van der Waals surface area contributed by atoms with Crippen LogP contribution in [0.4, 0.5) is 0 Å². The van der Waals surface area contributed by atoms with Crippen LogP contribution in [0.15, 0.2) is 36.4 Å². The Kier molecular flexibility index (Phi) is 7.96. The van der Waals surface area contributed by atoms with Gasteiger partial charge in [-0.2, -0.15) is 0 Å². The first-order valence-corrected chi connectivity index (χ1v) is 14.3. The van der Waals surface area contributed by atoms with Gasteiger partial charge in [-0.25, -0.2) is 4.98 Å². The molecule has 0 amide bonds. The fourth-order valence-electron chi connectivity index (χ4n) is 6.18. The van der Waals surface area contributed by atoms with Crippen LogP contribution in [-0.4, -0.2) is 32.6 Å². The summed E-state index contributed by atoms with van der Waals surface area (Å²) in [6, 6.07) is 12.7. The molecule has 0 aliphatic heterocycles. The lowest BCUT2D eigenvalue weighted by molar-refractivity contribution is -0.118. The van der Waals surface area contributed by atoms with Crippen molar-refractivity contribution in [1.29, 1.82) is 0 Å². The lowest BCUT2D eigenvalue weighted by Crippen LogP contribution is -2.26. The molecule has 0 saturated heterocycles. The normalized spacial score (nSPS) is 19.8. The van der Waals surface area contributed by atoms with E-state index >= 15 is 0 Å². The lowest BCUT2D eigenvalue weighted by atomic mass is 9.71. The standard InChI is InChI=1S/C32H42N4O2/c1-20(2)13-23-15-25(16-23)31-34-35-32(36(31)28-11-12-28)26(17-27-7-6-8-30(33-27)38-5)19-29(37)18-24-10-9-21(3)14-22(24)4/h6-10,14,20,23,25-26,28H,11-13,15-19H2,1-5H3. The van der Waals surface area contributed by atoms with E-state index in [1.165, 1.54) is 43.2 Å². The highest BCUT2D eigenvalue weighted by Crippen LogP contribution is 2.48. The maximum absolute atomic E-state index is 13.5. The number of hydrogen-bond acceptors (Lipinski definition) is 5. The van der Waals surface area contributed by atoms with Crippen molar-refractivity contribution < 1.29 is 9.53 Å². The van der Waals surface area contributed by atoms with E-state index < -0.39 is 0 Å². The summed E-state index contributed by atoms with van der Waals surface area (Å²) in [4.78, 5) is 18.2. The van der Waals surface area contributed by atoms with E-state index in [9.17, 15) is 4.79 Å². The minimum atomic E-state index is -0.0683. The van der Waals surface area contributed by atoms with E-state index in [0.29, 0.717) is 37.1 Å². The fraction of sp³-hybridized carbons (Fsp3) is 0.562. The van der Waals surface area contributed by atoms with Gasteiger partial charge in [0.1, 0.15) is 17.4 Å². The minimum absolute atomic E-state index is 0.0683. The smallest absolute Gasteiger partial charge is 0.213 e. The summed E-state index contributed by atoms with van der Waals surface area (Å²) in [5.74, 6) is 4.89. The van der Waals surface area contributed by atoms with Crippen LogP contribution in [0.2, 0.25) is 0 Å². The van der Waals surface area contributed by atoms with Gasteiger partial charge >= 0.3 is 0 Å². The molecule has 202 valence electrons. The molecule has 2 heterocycles. The van der Waals surface area contributed by atoms with Gasteiger partial charge in [-0.3, -0.25) is 4.79 Å². The van der Waals surface area contributed by atoms with Crippen molar-refractivity contribution in [2.75, 3.05) is 7.11 Å². The van der Waals surface area contributed by atoms with Gasteiger partial charge < -0.3 is 9.30 Å². The Morgan fingerprint density at radius 2 is 1.89 bits per heavy atom. The van der Waals surface area contributed by atoms with Crippen molar-refractivity contribution in [1.82, 2.24) is 19.7 Å². The van der Waals surface area contributed by atoms with E-state index in [0.717, 1.165) is 34.7 Å². The van der Waals surface area contributed by atoms with Crippen molar-refractivity contribution in [3.05, 3.63) is 70.4 Å². The van der Waals surface area contributed by atoms with E-state index in [1.807, 2.05) is 18.2 Å². The molecule has 5 rings (SSSR count). The SMILES string of the molecule is COc1cccc(CC(CC(=O)Cc2ccc(C)cc2C)c2nnc(C3CC(CC(C)C)C3)n2C2CC2)n1. The van der Waals surface area contributed by atoms with Crippen LogP contribution in [0.25, 0.3) is 0 Å². The third-order valence-electron chi connectivity index (χ3n) is 8.24. The molecule has 2 saturated carbocycles. The molecule has 1 aromatic carbocycles. The zero-order valence-corrected chi connectivity index (χ0v) is 23.6. The van der Waals surface area contributed by atoms with E-state index in [4.69, 9.17) is 14.9 Å². The zero-order valence-electron chi connectivity index (χ0n) is 23.6. The maximum Gasteiger partial charge on any atom is 0.213 e. The van der Waals surface area contributed by atoms with E-state index in [2.05, 4.69) is 55.4 Å². The number of Topliss-reactive ketones (excluding diaryl/α,β-unsaturated/α-hetero) is 1. The van der Waals surface area contributed by atoms with Crippen LogP contribution in [0.3, 0.4) is 0 Å². The van der Waals surface area contributed by atoms with Gasteiger partial charge in [0.15, 0.2) is 0 Å². The maximum atomic E-state index is 13.5. The largest absolute Gasteiger partial charge is 0.481 e. The molecule has 2 aliphatic carbocycles. The summed E-state index contributed by atoms with van der Waals surface area (Å²) in [5.41, 5.74) is 4.42. The summed E-state index contributed by atoms with van der Waals surface area (Å²) >= 11 is 0. The van der Waals surface area contributed by atoms with Crippen LogP contribution in [0.5, 0.6) is 5.88 Å². The number of methoxy groups -OCH3 is 1. The number of aryl methyl sites for hydroxylation is 2. The summed E-state index contributed by atoms with van der Waals surface area (Å²) < 4.78 is 7.80. The van der Waals surface area contributed by atoms with Gasteiger partial charge in [0.05, 0.1) is 7.11 Å². The lowest BCUT2D eigenvalue weighted by Gasteiger charge is -2.36. The Bertz CT molecular complexity index is 1270. The van der Waals surface area contributed by atoms with Crippen LogP contribution in [0, 0.1) is 25.7 Å². The van der Waals surface area contributed by atoms with Crippen LogP contribution in [0.1, 0.15) is 104 Å². The molecule has 6 nitrogen and oxygen atoms in total. The van der Waals surface area contributed by atoms with Gasteiger partial charge in [0.2, 0.25) is 5.88 Å². The molecule has 0 radical (unpaired) electrons. The number of nitrogens with zero attached hydrogens (tertiary/aromatic N) is 4. The van der Waals surface area contributed by atoms with Crippen LogP contribution < -0.4 is 4.74 Å². The Morgan fingerprint density at radius 3 is 2.58 bits per heavy atom. The topological polar surface area (TPSA) is 69.9 Å². The third-order valence-corrected chi connectivity index (χ3v) is 8.24. The summed E-state index contributed by atoms with van der Waals surface area (Å²) in [5, 5.41) is 9.58. The predicted molar refractivity (Wildman–Crippen MR) is 150 cm³/mol. The molecule has 0 bridgehead atoms. The van der Waals surface area contributed by atoms with Gasteiger partial charge in [-0.1, -0.05) is 43.7 Å². The predicted octanol–water partition coefficient (Wildman–Crippen LogP) is 6.70. The highest BCUT2D eigenvalue weighted by molar-refractivity contribution is 5.82. The van der Waals surface area contributed by atoms with Crippen molar-refractivity contribution in [3.63, 3.8) is 0 Å². The molecular weight excluding hydrogens is 472 g/mol. The van der Waals surface area contributed by atoms with Gasteiger partial charge in [0, 0.05) is 48.9 Å². The Hall–Kier alpha value is -3.02. The first-order valence-electron chi connectivity index (χ1n) is 14.3. The number of ketones is 1. The second-order valence-corrected chi connectivity index (χ2v) is 12.1. The number of carbonyl (C=O) groups is 1. The summed E-state index contributed by atoms with van der Waals surface area (Å²) in [6.45, 7) is 8.80. The monoisotopic (exact) mass is 514 g/mol. The molecule has 2 aromatic heterocycles. The van der Waals surface area contributed by atoms with E-state index in [1.54, 1.807) is 7.11 Å². The molecule has 38 heavy (non-hydrogen) atoms. The number of ether oxygens (including phenoxy) is 1. The molecule has 6 heteroatoms. The molecule has 2 aliphatic rings. The van der Waals surface area contributed by atoms with E-state index in [-0.39, 0.29) is 11.7 Å². The van der Waals surface area contributed by atoms with Crippen molar-refractivity contribution in [2.24, 2.45) is 11.8 Å². The highest BCUT2D eigenvalue weighted by Gasteiger charge is 2.39. The Balaban J connectivity index is 1.41. The number of hydrogen-bond donors (Lipinski definition) is 0. The van der Waals surface area contributed by atoms with Crippen molar-refractivity contribution in [2.45, 2.75) is 96.9 Å². The van der Waals surface area contributed by atoms with Crippen molar-refractivity contribution in [3.8, 4) is 5.88 Å². The zero-order chi connectivity index (χ0) is 26.8. The average molecular weight is 515 g/mol. The second kappa shape index (κ2) is 11.4. The number of carbonyl (C=O) groups excluding carboxylic acids is 1. The quantitative estimate of drug-likeness (QED) is 0.269. The number of benzene rings is 1. The van der Waals surface area contributed by atoms with Crippen molar-refractivity contribution >= 4 is 5.78 Å². The molecule has 0 N–H and O–H groups in total. The first kappa shape index (κ1) is 26.6. The fourth-order valence-corrected chi connectivity index (χ4v) is 6.18. The molecular formula is C32H42N4O2. The minimum Gasteiger partial charge on any atom is -0.481 e. The Morgan fingerprint density at radius 1 is 1.11 bits per heavy atom. The third kappa shape index (κ3) is 6.16. The summed E-state index contributed by atoms with van der Waals surface area (Å²) in [6.07, 6.45) is 7.55. The van der Waals surface area contributed by atoms with Gasteiger partial charge in [-0.05, 0) is 75.0 Å². The van der Waals surface area contributed by atoms with Gasteiger partial charge in [0.25, 0.3) is 0 Å². The van der Waals surface area contributed by atoms with Gasteiger partial charge in [-0.15, -0.1) is 10.2 Å². The second-order valence-electron chi connectivity index (χ2n) is 12.1. The molecule has 0 spiro atoms. The molecule has 3 aromatic rings. The average Bonchev–Trinajstić information content (AvgIpc) is 3.60. The molecule has 1 atom stereocenters. The van der Waals surface area contributed by atoms with Crippen LogP contribution >= 0.6 is 0 Å². The molecule has 2 fully saturated rings. The highest BCUT2D eigenvalue weighted by atomic mass is 16.5. The van der Waals surface area contributed by atoms with Crippen LogP contribution in [-0.2, 0) is 17.6 Å². The number of aromatic nitrogens is 4. The summed E-state index contributed by atoms with van der Waals surface area (Å²) in [7, 11) is 1.64. The number of pyridine rings is 1.